The van der Waals surface area contributed by atoms with Gasteiger partial charge in [-0.1, -0.05) is 31.2 Å². The molecule has 102 valence electrons. The monoisotopic (exact) mass is 258 g/mol. The maximum absolute atomic E-state index is 5.77. The summed E-state index contributed by atoms with van der Waals surface area (Å²) in [6.45, 7) is 5.70. The van der Waals surface area contributed by atoms with Gasteiger partial charge in [-0.2, -0.15) is 0 Å². The second-order valence-corrected chi connectivity index (χ2v) is 4.67. The fraction of sp³-hybridized carbons (Fsp3) is 0.375. The highest BCUT2D eigenvalue weighted by atomic mass is 16.3. The van der Waals surface area contributed by atoms with Gasteiger partial charge >= 0.3 is 0 Å². The second-order valence-electron chi connectivity index (χ2n) is 4.67. The molecule has 1 aromatic heterocycles. The third kappa shape index (κ3) is 3.94. The normalized spacial score (nSPS) is 11.1. The van der Waals surface area contributed by atoms with Gasteiger partial charge in [-0.05, 0) is 36.2 Å². The summed E-state index contributed by atoms with van der Waals surface area (Å²) in [5, 5.41) is 0. The van der Waals surface area contributed by atoms with Crippen LogP contribution in [-0.2, 0) is 19.5 Å². The molecule has 0 saturated carbocycles. The van der Waals surface area contributed by atoms with Crippen LogP contribution in [0.25, 0.3) is 0 Å². The van der Waals surface area contributed by atoms with Crippen molar-refractivity contribution < 1.29 is 4.42 Å². The van der Waals surface area contributed by atoms with Crippen LogP contribution in [0.5, 0.6) is 0 Å². The fourth-order valence-corrected chi connectivity index (χ4v) is 2.25. The first-order chi connectivity index (χ1) is 9.33. The second kappa shape index (κ2) is 7.12. The molecule has 0 fully saturated rings. The Kier molecular flexibility index (Phi) is 5.19. The molecule has 2 rings (SSSR count). The first kappa shape index (κ1) is 13.8. The lowest BCUT2D eigenvalue weighted by Gasteiger charge is -2.19. The summed E-state index contributed by atoms with van der Waals surface area (Å²) >= 11 is 0. The van der Waals surface area contributed by atoms with E-state index in [2.05, 4.69) is 30.0 Å². The van der Waals surface area contributed by atoms with Crippen molar-refractivity contribution in [3.8, 4) is 0 Å². The zero-order valence-electron chi connectivity index (χ0n) is 11.5. The molecule has 0 spiro atoms. The molecule has 0 aliphatic heterocycles. The van der Waals surface area contributed by atoms with Gasteiger partial charge in [-0.25, -0.2) is 0 Å². The number of nitrogens with two attached hydrogens (primary N) is 1. The predicted molar refractivity (Wildman–Crippen MR) is 77.7 cm³/mol. The summed E-state index contributed by atoms with van der Waals surface area (Å²) in [6.07, 6.45) is 2.76. The van der Waals surface area contributed by atoms with Crippen LogP contribution >= 0.6 is 0 Å². The van der Waals surface area contributed by atoms with E-state index in [9.17, 15) is 0 Å². The van der Waals surface area contributed by atoms with E-state index < -0.39 is 0 Å². The number of likely N-dealkylation sites (N-methyl/N-ethyl adjacent to an activating group) is 1. The first-order valence-electron chi connectivity index (χ1n) is 6.85. The minimum atomic E-state index is 0.612. The Labute approximate surface area is 115 Å². The molecular weight excluding hydrogens is 236 g/mol. The molecular formula is C16H22N2O. The molecule has 0 unspecified atom stereocenters. The largest absolute Gasteiger partial charge is 0.468 e. The van der Waals surface area contributed by atoms with Crippen LogP contribution in [0.1, 0.15) is 23.8 Å². The van der Waals surface area contributed by atoms with Gasteiger partial charge in [0, 0.05) is 13.1 Å². The van der Waals surface area contributed by atoms with Crippen molar-refractivity contribution in [3.63, 3.8) is 0 Å². The van der Waals surface area contributed by atoms with Crippen molar-refractivity contribution in [1.29, 1.82) is 0 Å². The van der Waals surface area contributed by atoms with Crippen molar-refractivity contribution in [2.45, 2.75) is 26.4 Å². The Morgan fingerprint density at radius 1 is 1.11 bits per heavy atom. The summed E-state index contributed by atoms with van der Waals surface area (Å²) in [6, 6.07) is 12.4. The third-order valence-electron chi connectivity index (χ3n) is 3.44. The molecule has 0 aliphatic rings. The van der Waals surface area contributed by atoms with E-state index in [-0.39, 0.29) is 0 Å². The summed E-state index contributed by atoms with van der Waals surface area (Å²) in [4.78, 5) is 2.38. The van der Waals surface area contributed by atoms with Gasteiger partial charge in [0.15, 0.2) is 0 Å². The molecule has 2 N–H and O–H groups in total. The van der Waals surface area contributed by atoms with Crippen molar-refractivity contribution >= 4 is 0 Å². The highest BCUT2D eigenvalue weighted by Gasteiger charge is 2.07. The average Bonchev–Trinajstić information content (AvgIpc) is 2.96. The molecule has 1 aromatic carbocycles. The van der Waals surface area contributed by atoms with Crippen LogP contribution in [0, 0.1) is 0 Å². The van der Waals surface area contributed by atoms with Gasteiger partial charge in [0.05, 0.1) is 12.8 Å². The lowest BCUT2D eigenvalue weighted by Crippen LogP contribution is -2.25. The number of rotatable bonds is 7. The number of hydrogen-bond donors (Lipinski definition) is 1. The van der Waals surface area contributed by atoms with E-state index in [1.54, 1.807) is 6.26 Å². The minimum absolute atomic E-state index is 0.612. The lowest BCUT2D eigenvalue weighted by molar-refractivity contribution is 0.258. The summed E-state index contributed by atoms with van der Waals surface area (Å²) in [5.41, 5.74) is 8.37. The van der Waals surface area contributed by atoms with E-state index in [0.29, 0.717) is 6.54 Å². The van der Waals surface area contributed by atoms with E-state index >= 15 is 0 Å². The van der Waals surface area contributed by atoms with Gasteiger partial charge in [-0.3, -0.25) is 4.90 Å². The standard InChI is InChI=1S/C16H22N2O/c1-2-18(13-16-8-5-11-19-16)10-9-14-6-3-4-7-15(14)12-17/h3-8,11H,2,9-10,12-13,17H2,1H3. The van der Waals surface area contributed by atoms with Crippen LogP contribution in [0.15, 0.2) is 47.1 Å². The average molecular weight is 258 g/mol. The third-order valence-corrected chi connectivity index (χ3v) is 3.44. The zero-order chi connectivity index (χ0) is 13.5. The highest BCUT2D eigenvalue weighted by Crippen LogP contribution is 2.11. The van der Waals surface area contributed by atoms with E-state index in [1.807, 2.05) is 18.2 Å². The molecule has 0 atom stereocenters. The Balaban J connectivity index is 1.92. The predicted octanol–water partition coefficient (Wildman–Crippen LogP) is 2.80. The fourth-order valence-electron chi connectivity index (χ4n) is 2.25. The molecule has 0 saturated heterocycles. The zero-order valence-corrected chi connectivity index (χ0v) is 11.5. The van der Waals surface area contributed by atoms with Crippen molar-refractivity contribution in [2.75, 3.05) is 13.1 Å². The molecule has 0 aliphatic carbocycles. The lowest BCUT2D eigenvalue weighted by atomic mass is 10.0. The van der Waals surface area contributed by atoms with Gasteiger partial charge in [0.25, 0.3) is 0 Å². The Morgan fingerprint density at radius 3 is 2.53 bits per heavy atom. The van der Waals surface area contributed by atoms with Crippen LogP contribution in [0.2, 0.25) is 0 Å². The topological polar surface area (TPSA) is 42.4 Å². The quantitative estimate of drug-likeness (QED) is 0.830. The van der Waals surface area contributed by atoms with Crippen LogP contribution in [0.3, 0.4) is 0 Å². The van der Waals surface area contributed by atoms with Crippen molar-refractivity contribution in [3.05, 3.63) is 59.5 Å². The maximum atomic E-state index is 5.77. The Bertz CT molecular complexity index is 479. The summed E-state index contributed by atoms with van der Waals surface area (Å²) in [7, 11) is 0. The van der Waals surface area contributed by atoms with E-state index in [1.165, 1.54) is 11.1 Å². The number of nitrogens with zero attached hydrogens (tertiary/aromatic N) is 1. The van der Waals surface area contributed by atoms with E-state index in [4.69, 9.17) is 10.2 Å². The van der Waals surface area contributed by atoms with Crippen molar-refractivity contribution in [1.82, 2.24) is 4.90 Å². The minimum Gasteiger partial charge on any atom is -0.468 e. The molecule has 3 nitrogen and oxygen atoms in total. The molecule has 0 amide bonds. The number of furan rings is 1. The summed E-state index contributed by atoms with van der Waals surface area (Å²) in [5.74, 6) is 1.02. The molecule has 1 heterocycles. The SMILES string of the molecule is CCN(CCc1ccccc1CN)Cc1ccco1. The van der Waals surface area contributed by atoms with Gasteiger partial charge in [0.2, 0.25) is 0 Å². The summed E-state index contributed by atoms with van der Waals surface area (Å²) < 4.78 is 5.40. The van der Waals surface area contributed by atoms with Crippen molar-refractivity contribution in [2.24, 2.45) is 5.73 Å². The highest BCUT2D eigenvalue weighted by molar-refractivity contribution is 5.27. The Hall–Kier alpha value is -1.58. The number of hydrogen-bond acceptors (Lipinski definition) is 3. The first-order valence-corrected chi connectivity index (χ1v) is 6.85. The van der Waals surface area contributed by atoms with Gasteiger partial charge < -0.3 is 10.2 Å². The number of benzene rings is 1. The molecule has 19 heavy (non-hydrogen) atoms. The molecule has 2 aromatic rings. The van der Waals surface area contributed by atoms with Crippen LogP contribution < -0.4 is 5.73 Å². The van der Waals surface area contributed by atoms with Gasteiger partial charge in [0.1, 0.15) is 5.76 Å². The smallest absolute Gasteiger partial charge is 0.117 e. The van der Waals surface area contributed by atoms with Crippen LogP contribution in [0.4, 0.5) is 0 Å². The van der Waals surface area contributed by atoms with Gasteiger partial charge in [-0.15, -0.1) is 0 Å². The molecule has 0 radical (unpaired) electrons. The Morgan fingerprint density at radius 2 is 1.89 bits per heavy atom. The molecule has 3 heteroatoms. The maximum Gasteiger partial charge on any atom is 0.117 e. The van der Waals surface area contributed by atoms with E-state index in [0.717, 1.165) is 31.8 Å². The van der Waals surface area contributed by atoms with Crippen LogP contribution in [-0.4, -0.2) is 18.0 Å². The molecule has 0 bridgehead atoms.